The van der Waals surface area contributed by atoms with E-state index in [1.54, 1.807) is 7.11 Å². The molecule has 0 aliphatic carbocycles. The molecule has 0 radical (unpaired) electrons. The second-order valence-corrected chi connectivity index (χ2v) is 7.13. The van der Waals surface area contributed by atoms with Crippen molar-refractivity contribution < 1.29 is 14.2 Å². The van der Waals surface area contributed by atoms with Gasteiger partial charge in [-0.15, -0.1) is 0 Å². The molecule has 3 nitrogen and oxygen atoms in total. The number of hydrogen-bond acceptors (Lipinski definition) is 3. The summed E-state index contributed by atoms with van der Waals surface area (Å²) in [6, 6.07) is 0. The minimum Gasteiger partial charge on any atom is -0.382 e. The van der Waals surface area contributed by atoms with Gasteiger partial charge in [-0.25, -0.2) is 0 Å². The molecule has 0 heterocycles. The van der Waals surface area contributed by atoms with Crippen LogP contribution in [0.25, 0.3) is 0 Å². The van der Waals surface area contributed by atoms with Gasteiger partial charge in [-0.1, -0.05) is 38.5 Å². The normalized spacial score (nSPS) is 13.1. The Balaban J connectivity index is 2.85. The molecule has 0 aromatic rings. The number of methoxy groups -OCH3 is 1. The topological polar surface area (TPSA) is 27.7 Å². The van der Waals surface area contributed by atoms with E-state index in [9.17, 15) is 0 Å². The number of alkyl halides is 2. The third-order valence-electron chi connectivity index (χ3n) is 1.56. The molecule has 0 amide bonds. The van der Waals surface area contributed by atoms with Gasteiger partial charge in [-0.2, -0.15) is 0 Å². The monoisotopic (exact) mass is 380 g/mol. The summed E-state index contributed by atoms with van der Waals surface area (Å²) in [5.74, 6) is 0. The van der Waals surface area contributed by atoms with E-state index in [1.807, 2.05) is 0 Å². The van der Waals surface area contributed by atoms with E-state index in [-0.39, 0.29) is 0 Å². The minimum absolute atomic E-state index is 0.380. The van der Waals surface area contributed by atoms with Gasteiger partial charge in [0.2, 0.25) is 0 Å². The van der Waals surface area contributed by atoms with Crippen LogP contribution in [-0.2, 0) is 14.2 Å². The lowest BCUT2D eigenvalue weighted by Crippen LogP contribution is -2.06. The molecule has 1 unspecified atom stereocenters. The molecule has 0 aromatic heterocycles. The van der Waals surface area contributed by atoms with Crippen molar-refractivity contribution in [3.8, 4) is 0 Å². The molecule has 0 aromatic carbocycles. The van der Waals surface area contributed by atoms with E-state index >= 15 is 0 Å². The largest absolute Gasteiger partial charge is 0.382 e. The number of rotatable bonds is 10. The predicted octanol–water partition coefficient (Wildman–Crippen LogP) is 2.95. The van der Waals surface area contributed by atoms with Crippen LogP contribution in [0, 0.1) is 0 Å². The highest BCUT2D eigenvalue weighted by atomic mass is 127. The molecule has 0 saturated carbocycles. The van der Waals surface area contributed by atoms with Gasteiger partial charge in [-0.3, -0.25) is 0 Å². The Hall–Kier alpha value is 1.09. The van der Waals surface area contributed by atoms with Gasteiger partial charge >= 0.3 is 0 Å². The first-order valence-corrected chi connectivity index (χ1v) is 6.86. The zero-order valence-corrected chi connectivity index (χ0v) is 12.3. The van der Waals surface area contributed by atoms with Crippen molar-refractivity contribution in [1.29, 1.82) is 0 Å². The van der Waals surface area contributed by atoms with Crippen LogP contribution in [0.2, 0.25) is 0 Å². The van der Waals surface area contributed by atoms with Crippen LogP contribution in [0.15, 0.2) is 0 Å². The molecule has 0 N–H and O–H groups in total. The third-order valence-corrected chi connectivity index (χ3v) is 2.64. The standard InChI is InChI=1S/C9H18BrIO3/c1-12-6-7-14-8-13-5-3-2-4-9(10)11/h9H,2-8H2,1H3. The summed E-state index contributed by atoms with van der Waals surface area (Å²) in [4.78, 5) is 0. The second-order valence-electron chi connectivity index (χ2n) is 2.81. The van der Waals surface area contributed by atoms with Crippen LogP contribution >= 0.6 is 38.5 Å². The van der Waals surface area contributed by atoms with Crippen molar-refractivity contribution in [1.82, 2.24) is 0 Å². The molecular weight excluding hydrogens is 363 g/mol. The molecular formula is C9H18BrIO3. The zero-order valence-electron chi connectivity index (χ0n) is 8.51. The van der Waals surface area contributed by atoms with Gasteiger partial charge in [0.05, 0.1) is 16.0 Å². The third kappa shape index (κ3) is 13.1. The van der Waals surface area contributed by atoms with Crippen molar-refractivity contribution in [2.24, 2.45) is 0 Å². The molecule has 86 valence electrons. The Kier molecular flexibility index (Phi) is 13.1. The summed E-state index contributed by atoms with van der Waals surface area (Å²) in [7, 11) is 1.66. The fourth-order valence-corrected chi connectivity index (χ4v) is 1.59. The smallest absolute Gasteiger partial charge is 0.146 e. The van der Waals surface area contributed by atoms with Gasteiger partial charge in [0.15, 0.2) is 0 Å². The van der Waals surface area contributed by atoms with E-state index < -0.39 is 0 Å². The predicted molar refractivity (Wildman–Crippen MR) is 69.2 cm³/mol. The van der Waals surface area contributed by atoms with Crippen LogP contribution in [-0.4, -0.2) is 36.6 Å². The van der Waals surface area contributed by atoms with E-state index in [4.69, 9.17) is 14.2 Å². The fraction of sp³-hybridized carbons (Fsp3) is 1.00. The Labute approximate surface area is 108 Å². The molecule has 0 fully saturated rings. The maximum atomic E-state index is 5.27. The molecule has 0 rings (SSSR count). The Bertz CT molecular complexity index is 114. The van der Waals surface area contributed by atoms with Crippen molar-refractivity contribution in [2.75, 3.05) is 33.7 Å². The summed E-state index contributed by atoms with van der Waals surface area (Å²) in [6.45, 7) is 2.39. The Morgan fingerprint density at radius 1 is 1.14 bits per heavy atom. The van der Waals surface area contributed by atoms with Crippen molar-refractivity contribution in [3.05, 3.63) is 0 Å². The van der Waals surface area contributed by atoms with E-state index in [1.165, 1.54) is 12.8 Å². The van der Waals surface area contributed by atoms with E-state index in [2.05, 4.69) is 38.5 Å². The number of hydrogen-bond donors (Lipinski definition) is 0. The first-order valence-electron chi connectivity index (χ1n) is 4.70. The van der Waals surface area contributed by atoms with Crippen LogP contribution in [0.5, 0.6) is 0 Å². The van der Waals surface area contributed by atoms with Crippen LogP contribution in [0.3, 0.4) is 0 Å². The van der Waals surface area contributed by atoms with Crippen molar-refractivity contribution in [2.45, 2.75) is 22.1 Å². The van der Waals surface area contributed by atoms with Crippen LogP contribution < -0.4 is 0 Å². The summed E-state index contributed by atoms with van der Waals surface area (Å²) in [5.41, 5.74) is 0. The lowest BCUT2D eigenvalue weighted by atomic mass is 10.3. The van der Waals surface area contributed by atoms with Gasteiger partial charge in [0.25, 0.3) is 0 Å². The van der Waals surface area contributed by atoms with Gasteiger partial charge in [0.1, 0.15) is 6.79 Å². The average Bonchev–Trinajstić information content (AvgIpc) is 2.15. The molecule has 1 atom stereocenters. The maximum Gasteiger partial charge on any atom is 0.146 e. The molecule has 0 spiro atoms. The lowest BCUT2D eigenvalue weighted by molar-refractivity contribution is -0.0663. The molecule has 5 heteroatoms. The molecule has 0 bridgehead atoms. The SMILES string of the molecule is COCCOCOCCCCC(Br)I. The highest BCUT2D eigenvalue weighted by molar-refractivity contribution is 14.1. The lowest BCUT2D eigenvalue weighted by Gasteiger charge is -2.05. The first-order chi connectivity index (χ1) is 6.77. The molecule has 14 heavy (non-hydrogen) atoms. The van der Waals surface area contributed by atoms with Gasteiger partial charge in [-0.05, 0) is 19.3 Å². The van der Waals surface area contributed by atoms with Crippen LogP contribution in [0.1, 0.15) is 19.3 Å². The Morgan fingerprint density at radius 2 is 1.86 bits per heavy atom. The Morgan fingerprint density at radius 3 is 2.50 bits per heavy atom. The maximum absolute atomic E-state index is 5.27. The highest BCUT2D eigenvalue weighted by Gasteiger charge is 1.96. The number of unbranched alkanes of at least 4 members (excludes halogenated alkanes) is 1. The number of ether oxygens (including phenoxy) is 3. The molecule has 0 aliphatic heterocycles. The van der Waals surface area contributed by atoms with Gasteiger partial charge < -0.3 is 14.2 Å². The zero-order chi connectivity index (χ0) is 10.6. The quantitative estimate of drug-likeness (QED) is 0.252. The second kappa shape index (κ2) is 12.2. The highest BCUT2D eigenvalue weighted by Crippen LogP contribution is 2.16. The summed E-state index contributed by atoms with van der Waals surface area (Å²) in [6.07, 6.45) is 3.48. The number of halogens is 2. The van der Waals surface area contributed by atoms with Crippen molar-refractivity contribution in [3.63, 3.8) is 0 Å². The minimum atomic E-state index is 0.380. The molecule has 0 saturated heterocycles. The van der Waals surface area contributed by atoms with Crippen molar-refractivity contribution >= 4 is 38.5 Å². The van der Waals surface area contributed by atoms with Gasteiger partial charge in [0, 0.05) is 13.7 Å². The van der Waals surface area contributed by atoms with Crippen LogP contribution in [0.4, 0.5) is 0 Å². The summed E-state index contributed by atoms with van der Waals surface area (Å²) in [5, 5.41) is 0. The fourth-order valence-electron chi connectivity index (χ4n) is 0.822. The first kappa shape index (κ1) is 15.1. The summed E-state index contributed by atoms with van der Waals surface area (Å²) < 4.78 is 15.8. The molecule has 0 aliphatic rings. The van der Waals surface area contributed by atoms with E-state index in [0.717, 1.165) is 13.0 Å². The summed E-state index contributed by atoms with van der Waals surface area (Å²) >= 11 is 5.86. The average molecular weight is 381 g/mol. The van der Waals surface area contributed by atoms with E-state index in [0.29, 0.717) is 22.8 Å².